The van der Waals surface area contributed by atoms with Crippen molar-refractivity contribution in [2.24, 2.45) is 0 Å². The predicted molar refractivity (Wildman–Crippen MR) is 176 cm³/mol. The third-order valence-corrected chi connectivity index (χ3v) is 8.88. The number of amides is 2. The summed E-state index contributed by atoms with van der Waals surface area (Å²) in [5, 5.41) is 8.20. The molecule has 0 aliphatic carbocycles. The molecule has 1 aliphatic rings. The molecule has 2 amide bonds. The SMILES string of the molecule is COCCCNC(=O)CN1C(=O)CSC(c2cc(OC)ccc2OC)c2c(-c3ccc(Cl)cc3)nn(-c3ccc(OC)cc3)c21. The first-order valence-corrected chi connectivity index (χ1v) is 15.7. The smallest absolute Gasteiger partial charge is 0.240 e. The van der Waals surface area contributed by atoms with Crippen LogP contribution >= 0.6 is 23.4 Å². The van der Waals surface area contributed by atoms with Crippen molar-refractivity contribution in [3.05, 3.63) is 82.9 Å². The lowest BCUT2D eigenvalue weighted by atomic mass is 9.98. The van der Waals surface area contributed by atoms with Crippen molar-refractivity contribution in [1.82, 2.24) is 15.1 Å². The first-order chi connectivity index (χ1) is 21.9. The monoisotopic (exact) mass is 650 g/mol. The van der Waals surface area contributed by atoms with Gasteiger partial charge in [-0.05, 0) is 61.0 Å². The van der Waals surface area contributed by atoms with Crippen LogP contribution in [0.2, 0.25) is 5.02 Å². The molecule has 236 valence electrons. The molecule has 45 heavy (non-hydrogen) atoms. The minimum atomic E-state index is -0.415. The topological polar surface area (TPSA) is 104 Å². The Morgan fingerprint density at radius 1 is 0.978 bits per heavy atom. The quantitative estimate of drug-likeness (QED) is 0.199. The molecule has 1 atom stereocenters. The number of ether oxygens (including phenoxy) is 4. The molecule has 0 bridgehead atoms. The maximum absolute atomic E-state index is 14.0. The Balaban J connectivity index is 1.76. The van der Waals surface area contributed by atoms with Gasteiger partial charge in [0.2, 0.25) is 11.8 Å². The molecule has 2 heterocycles. The first-order valence-electron chi connectivity index (χ1n) is 14.3. The zero-order valence-electron chi connectivity index (χ0n) is 25.5. The molecule has 0 saturated carbocycles. The van der Waals surface area contributed by atoms with Gasteiger partial charge < -0.3 is 24.3 Å². The van der Waals surface area contributed by atoms with Gasteiger partial charge in [-0.2, -0.15) is 5.10 Å². The molecule has 1 aromatic heterocycles. The molecule has 0 fully saturated rings. The third-order valence-electron chi connectivity index (χ3n) is 7.39. The van der Waals surface area contributed by atoms with Gasteiger partial charge in [-0.3, -0.25) is 14.5 Å². The second-order valence-corrected chi connectivity index (χ2v) is 11.7. The van der Waals surface area contributed by atoms with E-state index in [2.05, 4.69) is 5.32 Å². The van der Waals surface area contributed by atoms with Crippen molar-refractivity contribution in [3.8, 4) is 34.2 Å². The zero-order chi connectivity index (χ0) is 31.9. The van der Waals surface area contributed by atoms with Gasteiger partial charge in [0.15, 0.2) is 0 Å². The maximum atomic E-state index is 14.0. The fourth-order valence-electron chi connectivity index (χ4n) is 5.18. The van der Waals surface area contributed by atoms with Crippen molar-refractivity contribution >= 4 is 41.0 Å². The summed E-state index contributed by atoms with van der Waals surface area (Å²) in [6.45, 7) is 0.749. The van der Waals surface area contributed by atoms with E-state index in [1.165, 1.54) is 16.7 Å². The fraction of sp³-hybridized carbons (Fsp3) is 0.303. The highest BCUT2D eigenvalue weighted by molar-refractivity contribution is 8.00. The van der Waals surface area contributed by atoms with E-state index in [1.54, 1.807) is 45.3 Å². The number of carbonyl (C=O) groups is 2. The first kappa shape index (κ1) is 32.2. The minimum absolute atomic E-state index is 0.110. The Morgan fingerprint density at radius 3 is 2.36 bits per heavy atom. The lowest BCUT2D eigenvalue weighted by Crippen LogP contribution is -2.42. The van der Waals surface area contributed by atoms with E-state index in [1.807, 2.05) is 54.6 Å². The molecular weight excluding hydrogens is 616 g/mol. The Bertz CT molecular complexity index is 1640. The molecule has 5 rings (SSSR count). The maximum Gasteiger partial charge on any atom is 0.240 e. The largest absolute Gasteiger partial charge is 0.497 e. The average molecular weight is 651 g/mol. The molecule has 0 spiro atoms. The highest BCUT2D eigenvalue weighted by Gasteiger charge is 2.39. The van der Waals surface area contributed by atoms with Crippen LogP contribution in [0.4, 0.5) is 5.82 Å². The van der Waals surface area contributed by atoms with E-state index in [4.69, 9.17) is 35.6 Å². The number of nitrogens with one attached hydrogen (secondary N) is 1. The normalized spacial score (nSPS) is 14.5. The van der Waals surface area contributed by atoms with Crippen LogP contribution in [0.3, 0.4) is 0 Å². The summed E-state index contributed by atoms with van der Waals surface area (Å²) in [7, 11) is 6.43. The highest BCUT2D eigenvalue weighted by atomic mass is 35.5. The predicted octanol–water partition coefficient (Wildman–Crippen LogP) is 5.54. The second-order valence-electron chi connectivity index (χ2n) is 10.2. The molecular formula is C33H35ClN4O6S. The number of methoxy groups -OCH3 is 4. The number of carbonyl (C=O) groups excluding carboxylic acids is 2. The van der Waals surface area contributed by atoms with Crippen LogP contribution in [0.25, 0.3) is 16.9 Å². The third kappa shape index (κ3) is 7.06. The molecule has 1 unspecified atom stereocenters. The number of hydrogen-bond acceptors (Lipinski definition) is 8. The van der Waals surface area contributed by atoms with Crippen molar-refractivity contribution in [2.75, 3.05) is 58.8 Å². The molecule has 3 aromatic carbocycles. The van der Waals surface area contributed by atoms with Gasteiger partial charge in [-0.25, -0.2) is 4.68 Å². The van der Waals surface area contributed by atoms with E-state index in [-0.39, 0.29) is 24.1 Å². The van der Waals surface area contributed by atoms with Crippen LogP contribution < -0.4 is 24.4 Å². The van der Waals surface area contributed by atoms with Gasteiger partial charge in [0.1, 0.15) is 29.6 Å². The van der Waals surface area contributed by atoms with Gasteiger partial charge in [0.25, 0.3) is 0 Å². The van der Waals surface area contributed by atoms with Gasteiger partial charge in [-0.1, -0.05) is 23.7 Å². The molecule has 4 aromatic rings. The van der Waals surface area contributed by atoms with Crippen molar-refractivity contribution < 1.29 is 28.5 Å². The molecule has 10 nitrogen and oxygen atoms in total. The van der Waals surface area contributed by atoms with Crippen LogP contribution in [0, 0.1) is 0 Å². The van der Waals surface area contributed by atoms with Crippen molar-refractivity contribution in [1.29, 1.82) is 0 Å². The second kappa shape index (κ2) is 14.7. The van der Waals surface area contributed by atoms with E-state index in [0.717, 1.165) is 16.7 Å². The number of hydrogen-bond donors (Lipinski definition) is 1. The molecule has 12 heteroatoms. The Hall–Kier alpha value is -4.19. The fourth-order valence-corrected chi connectivity index (χ4v) is 6.52. The number of halogens is 1. The van der Waals surface area contributed by atoms with Gasteiger partial charge in [0, 0.05) is 42.0 Å². The molecule has 0 saturated heterocycles. The van der Waals surface area contributed by atoms with Crippen LogP contribution in [0.15, 0.2) is 66.7 Å². The summed E-state index contributed by atoms with van der Waals surface area (Å²) in [5.74, 6) is 2.04. The summed E-state index contributed by atoms with van der Waals surface area (Å²) in [6, 6.07) is 20.4. The minimum Gasteiger partial charge on any atom is -0.497 e. The highest BCUT2D eigenvalue weighted by Crippen LogP contribution is 2.51. The summed E-state index contributed by atoms with van der Waals surface area (Å²) >= 11 is 7.72. The lowest BCUT2D eigenvalue weighted by Gasteiger charge is -2.24. The number of aromatic nitrogens is 2. The lowest BCUT2D eigenvalue weighted by molar-refractivity contribution is -0.122. The summed E-state index contributed by atoms with van der Waals surface area (Å²) in [4.78, 5) is 28.8. The van der Waals surface area contributed by atoms with Crippen LogP contribution in [-0.2, 0) is 14.3 Å². The van der Waals surface area contributed by atoms with Gasteiger partial charge in [-0.15, -0.1) is 11.8 Å². The van der Waals surface area contributed by atoms with Gasteiger partial charge >= 0.3 is 0 Å². The van der Waals surface area contributed by atoms with Gasteiger partial charge in [0.05, 0.1) is 43.7 Å². The Morgan fingerprint density at radius 2 is 1.69 bits per heavy atom. The number of benzene rings is 3. The van der Waals surface area contributed by atoms with Crippen molar-refractivity contribution in [2.45, 2.75) is 11.7 Å². The Labute approximate surface area is 271 Å². The summed E-state index contributed by atoms with van der Waals surface area (Å²) in [6.07, 6.45) is 0.652. The van der Waals surface area contributed by atoms with E-state index in [0.29, 0.717) is 59.0 Å². The number of anilines is 1. The molecule has 1 N–H and O–H groups in total. The summed E-state index contributed by atoms with van der Waals surface area (Å²) in [5.41, 5.74) is 3.69. The standard InChI is InChI=1S/C33H35ClN4O6S/c1-41-17-5-16-35-28(39)19-37-29(40)20-45-32(26-18-25(43-3)14-15-27(26)44-4)30-31(21-6-8-22(34)9-7-21)36-38(33(30)37)23-10-12-24(42-2)13-11-23/h6-15,18,32H,5,16-17,19-20H2,1-4H3,(H,35,39). The number of fused-ring (bicyclic) bond motifs is 1. The summed E-state index contributed by atoms with van der Waals surface area (Å²) < 4.78 is 23.6. The van der Waals surface area contributed by atoms with Crippen LogP contribution in [-0.4, -0.2) is 75.5 Å². The number of nitrogens with zero attached hydrogens (tertiary/aromatic N) is 3. The van der Waals surface area contributed by atoms with E-state index < -0.39 is 5.25 Å². The number of thioether (sulfide) groups is 1. The van der Waals surface area contributed by atoms with E-state index >= 15 is 0 Å². The molecule has 1 aliphatic heterocycles. The van der Waals surface area contributed by atoms with Crippen molar-refractivity contribution in [3.63, 3.8) is 0 Å². The van der Waals surface area contributed by atoms with E-state index in [9.17, 15) is 9.59 Å². The average Bonchev–Trinajstić information content (AvgIpc) is 3.39. The van der Waals surface area contributed by atoms with Crippen LogP contribution in [0.5, 0.6) is 17.2 Å². The number of rotatable bonds is 12. The molecule has 0 radical (unpaired) electrons. The Kier molecular flexibility index (Phi) is 10.5. The zero-order valence-corrected chi connectivity index (χ0v) is 27.1. The van der Waals surface area contributed by atoms with Crippen LogP contribution in [0.1, 0.15) is 22.8 Å².